The van der Waals surface area contributed by atoms with Gasteiger partial charge < -0.3 is 10.1 Å². The summed E-state index contributed by atoms with van der Waals surface area (Å²) < 4.78 is 5.48. The van der Waals surface area contributed by atoms with Gasteiger partial charge in [0.25, 0.3) is 0 Å². The third-order valence-electron chi connectivity index (χ3n) is 6.05. The van der Waals surface area contributed by atoms with Crippen LogP contribution >= 0.6 is 23.2 Å². The first-order chi connectivity index (χ1) is 15.4. The quantitative estimate of drug-likeness (QED) is 0.521. The molecule has 166 valence electrons. The van der Waals surface area contributed by atoms with Gasteiger partial charge in [0.1, 0.15) is 0 Å². The fraction of sp³-hybridized carbons (Fsp3) is 0.308. The number of Topliss-reactive ketones (excluding diaryl/α,β-unsaturated/α-hetero) is 1. The monoisotopic (exact) mass is 469 g/mol. The average Bonchev–Trinajstić information content (AvgIpc) is 2.79. The Morgan fingerprint density at radius 1 is 1.09 bits per heavy atom. The van der Waals surface area contributed by atoms with E-state index in [1.54, 1.807) is 12.1 Å². The number of hydrogen-bond donors (Lipinski definition) is 1. The minimum absolute atomic E-state index is 0.00179. The highest BCUT2D eigenvalue weighted by Crippen LogP contribution is 2.48. The summed E-state index contributed by atoms with van der Waals surface area (Å²) in [7, 11) is 0. The van der Waals surface area contributed by atoms with Crippen molar-refractivity contribution in [3.63, 3.8) is 0 Å². The minimum Gasteiger partial charge on any atom is -0.462 e. The van der Waals surface area contributed by atoms with Crippen molar-refractivity contribution in [1.82, 2.24) is 5.32 Å². The summed E-state index contributed by atoms with van der Waals surface area (Å²) in [6.45, 7) is 4.09. The van der Waals surface area contributed by atoms with Crippen molar-refractivity contribution >= 4 is 35.0 Å². The molecule has 4 nitrogen and oxygen atoms in total. The van der Waals surface area contributed by atoms with Crippen molar-refractivity contribution in [3.05, 3.63) is 92.2 Å². The molecule has 2 aliphatic rings. The van der Waals surface area contributed by atoms with Crippen molar-refractivity contribution in [2.24, 2.45) is 0 Å². The zero-order valence-electron chi connectivity index (χ0n) is 18.1. The van der Waals surface area contributed by atoms with E-state index in [4.69, 9.17) is 27.9 Å². The normalized spacial score (nSPS) is 20.7. The van der Waals surface area contributed by atoms with Gasteiger partial charge in [0.05, 0.1) is 22.2 Å². The number of esters is 1. The van der Waals surface area contributed by atoms with Crippen LogP contribution in [0.3, 0.4) is 0 Å². The molecular weight excluding hydrogens is 445 g/mol. The zero-order valence-corrected chi connectivity index (χ0v) is 19.6. The molecule has 0 fully saturated rings. The number of ether oxygens (including phenoxy) is 1. The third-order valence-corrected chi connectivity index (χ3v) is 6.88. The van der Waals surface area contributed by atoms with Crippen molar-refractivity contribution in [3.8, 4) is 0 Å². The van der Waals surface area contributed by atoms with E-state index in [1.165, 1.54) is 0 Å². The highest BCUT2D eigenvalue weighted by Gasteiger charge is 2.42. The molecule has 6 heteroatoms. The summed E-state index contributed by atoms with van der Waals surface area (Å²) in [6, 6.07) is 15.3. The SMILES string of the molecule is CCCOC(=O)C1=C(C)NC2=C(C(=O)CC(c3ccccc3)C2)C1c1cccc(Cl)c1Cl. The number of dihydropyridines is 1. The molecule has 4 rings (SSSR count). The predicted octanol–water partition coefficient (Wildman–Crippen LogP) is 6.31. The molecule has 0 radical (unpaired) electrons. The Kier molecular flexibility index (Phi) is 6.73. The van der Waals surface area contributed by atoms with E-state index in [0.717, 1.165) is 11.3 Å². The number of carbonyl (C=O) groups is 2. The van der Waals surface area contributed by atoms with Crippen LogP contribution in [0.1, 0.15) is 56.1 Å². The Hall–Kier alpha value is -2.56. The van der Waals surface area contributed by atoms with Gasteiger partial charge >= 0.3 is 5.97 Å². The van der Waals surface area contributed by atoms with Crippen LogP contribution in [-0.4, -0.2) is 18.4 Å². The Bertz CT molecular complexity index is 1120. The van der Waals surface area contributed by atoms with Gasteiger partial charge in [-0.15, -0.1) is 0 Å². The highest BCUT2D eigenvalue weighted by molar-refractivity contribution is 6.42. The van der Waals surface area contributed by atoms with Crippen LogP contribution in [-0.2, 0) is 14.3 Å². The van der Waals surface area contributed by atoms with Crippen LogP contribution in [0.2, 0.25) is 10.0 Å². The molecule has 2 aromatic carbocycles. The molecule has 0 spiro atoms. The number of carbonyl (C=O) groups excluding carboxylic acids is 2. The van der Waals surface area contributed by atoms with Gasteiger partial charge in [0.15, 0.2) is 5.78 Å². The molecule has 0 amide bonds. The smallest absolute Gasteiger partial charge is 0.336 e. The molecule has 1 aliphatic heterocycles. The number of hydrogen-bond acceptors (Lipinski definition) is 4. The minimum atomic E-state index is -0.619. The lowest BCUT2D eigenvalue weighted by molar-refractivity contribution is -0.139. The van der Waals surface area contributed by atoms with E-state index >= 15 is 0 Å². The molecule has 2 aromatic rings. The number of benzene rings is 2. The lowest BCUT2D eigenvalue weighted by Gasteiger charge is -2.37. The lowest BCUT2D eigenvalue weighted by atomic mass is 9.71. The molecule has 0 bridgehead atoms. The number of halogens is 2. The molecule has 0 aromatic heterocycles. The molecule has 1 heterocycles. The molecule has 0 saturated carbocycles. The van der Waals surface area contributed by atoms with Crippen LogP contribution in [0.4, 0.5) is 0 Å². The lowest BCUT2D eigenvalue weighted by Crippen LogP contribution is -2.36. The first-order valence-electron chi connectivity index (χ1n) is 10.8. The van der Waals surface area contributed by atoms with E-state index in [-0.39, 0.29) is 11.7 Å². The number of ketones is 1. The molecule has 1 N–H and O–H groups in total. The molecule has 32 heavy (non-hydrogen) atoms. The maximum absolute atomic E-state index is 13.5. The van der Waals surface area contributed by atoms with Crippen LogP contribution in [0.5, 0.6) is 0 Å². The van der Waals surface area contributed by atoms with E-state index in [2.05, 4.69) is 5.32 Å². The summed E-state index contributed by atoms with van der Waals surface area (Å²) in [5.41, 5.74) is 4.26. The predicted molar refractivity (Wildman–Crippen MR) is 127 cm³/mol. The number of rotatable bonds is 5. The summed E-state index contributed by atoms with van der Waals surface area (Å²) in [5, 5.41) is 4.08. The third kappa shape index (κ3) is 4.22. The Morgan fingerprint density at radius 3 is 2.56 bits per heavy atom. The van der Waals surface area contributed by atoms with Gasteiger partial charge in [-0.25, -0.2) is 4.79 Å². The fourth-order valence-corrected chi connectivity index (χ4v) is 5.01. The Morgan fingerprint density at radius 2 is 1.84 bits per heavy atom. The molecule has 2 unspecified atom stereocenters. The molecule has 0 saturated heterocycles. The first kappa shape index (κ1) is 22.6. The second kappa shape index (κ2) is 9.51. The molecule has 1 aliphatic carbocycles. The maximum atomic E-state index is 13.5. The zero-order chi connectivity index (χ0) is 22.8. The van der Waals surface area contributed by atoms with Gasteiger partial charge in [-0.3, -0.25) is 4.79 Å². The summed E-state index contributed by atoms with van der Waals surface area (Å²) >= 11 is 12.9. The average molecular weight is 470 g/mol. The Balaban J connectivity index is 1.83. The van der Waals surface area contributed by atoms with Crippen molar-refractivity contribution < 1.29 is 14.3 Å². The number of allylic oxidation sites excluding steroid dienone is 3. The number of nitrogens with one attached hydrogen (secondary N) is 1. The second-order valence-electron chi connectivity index (χ2n) is 8.21. The van der Waals surface area contributed by atoms with E-state index < -0.39 is 11.9 Å². The highest BCUT2D eigenvalue weighted by atomic mass is 35.5. The summed E-state index contributed by atoms with van der Waals surface area (Å²) in [6.07, 6.45) is 1.75. The standard InChI is InChI=1S/C26H25Cl2NO3/c1-3-12-32-26(31)22-15(2)29-20-13-17(16-8-5-4-6-9-16)14-21(30)24(20)23(22)18-10-7-11-19(27)25(18)28/h4-11,17,23,29H,3,12-14H2,1-2H3. The van der Waals surface area contributed by atoms with E-state index in [0.29, 0.717) is 58.3 Å². The largest absolute Gasteiger partial charge is 0.462 e. The second-order valence-corrected chi connectivity index (χ2v) is 8.99. The summed E-state index contributed by atoms with van der Waals surface area (Å²) in [5.74, 6) is -0.984. The Labute approximate surface area is 198 Å². The van der Waals surface area contributed by atoms with Crippen LogP contribution in [0.25, 0.3) is 0 Å². The van der Waals surface area contributed by atoms with E-state index in [1.807, 2.05) is 50.2 Å². The topological polar surface area (TPSA) is 55.4 Å². The van der Waals surface area contributed by atoms with E-state index in [9.17, 15) is 9.59 Å². The fourth-order valence-electron chi connectivity index (χ4n) is 4.60. The van der Waals surface area contributed by atoms with Gasteiger partial charge in [-0.05, 0) is 42.9 Å². The van der Waals surface area contributed by atoms with Crippen LogP contribution in [0, 0.1) is 0 Å². The molecule has 2 atom stereocenters. The van der Waals surface area contributed by atoms with Crippen molar-refractivity contribution in [1.29, 1.82) is 0 Å². The maximum Gasteiger partial charge on any atom is 0.336 e. The molecular formula is C26H25Cl2NO3. The van der Waals surface area contributed by atoms with Crippen molar-refractivity contribution in [2.45, 2.75) is 44.9 Å². The van der Waals surface area contributed by atoms with Gasteiger partial charge in [0, 0.05) is 29.3 Å². The van der Waals surface area contributed by atoms with Gasteiger partial charge in [-0.2, -0.15) is 0 Å². The summed E-state index contributed by atoms with van der Waals surface area (Å²) in [4.78, 5) is 26.6. The van der Waals surface area contributed by atoms with Crippen LogP contribution < -0.4 is 5.32 Å². The van der Waals surface area contributed by atoms with Gasteiger partial charge in [-0.1, -0.05) is 72.6 Å². The van der Waals surface area contributed by atoms with Crippen LogP contribution in [0.15, 0.2) is 71.1 Å². The van der Waals surface area contributed by atoms with Gasteiger partial charge in [0.2, 0.25) is 0 Å². The first-order valence-corrected chi connectivity index (χ1v) is 11.6. The van der Waals surface area contributed by atoms with Crippen molar-refractivity contribution in [2.75, 3.05) is 6.61 Å².